The smallest absolute Gasteiger partial charge is 0.279 e. The number of carbonyl (C=O) groups excluding carboxylic acids is 1. The van der Waals surface area contributed by atoms with Crippen LogP contribution in [0.15, 0.2) is 29.4 Å². The number of hydrogen-bond acceptors (Lipinski definition) is 3. The van der Waals surface area contributed by atoms with Crippen LogP contribution in [-0.4, -0.2) is 55.8 Å². The number of nitrogens with one attached hydrogen (secondary N) is 1. The van der Waals surface area contributed by atoms with Gasteiger partial charge in [-0.05, 0) is 18.9 Å². The second-order valence-electron chi connectivity index (χ2n) is 6.65. The molecule has 5 nitrogen and oxygen atoms in total. The minimum atomic E-state index is 0.0994. The number of piperazine rings is 1. The van der Waals surface area contributed by atoms with Gasteiger partial charge in [0.05, 0.1) is 19.7 Å². The first-order valence-electron chi connectivity index (χ1n) is 7.65. The SMILES string of the molecule is C[N+]1(C)N=C(C(=O)N2CC3CCC2CN3)c2ccccc21. The first-order chi connectivity index (χ1) is 10.1. The predicted octanol–water partition coefficient (Wildman–Crippen LogP) is 0.934. The van der Waals surface area contributed by atoms with Crippen molar-refractivity contribution < 1.29 is 4.79 Å². The van der Waals surface area contributed by atoms with Crippen LogP contribution in [0.1, 0.15) is 18.4 Å². The second-order valence-corrected chi connectivity index (χ2v) is 6.65. The summed E-state index contributed by atoms with van der Waals surface area (Å²) in [5.74, 6) is 0.0994. The fourth-order valence-electron chi connectivity index (χ4n) is 3.76. The van der Waals surface area contributed by atoms with Gasteiger partial charge < -0.3 is 10.2 Å². The quantitative estimate of drug-likeness (QED) is 0.780. The molecule has 5 rings (SSSR count). The van der Waals surface area contributed by atoms with Gasteiger partial charge >= 0.3 is 0 Å². The zero-order valence-corrected chi connectivity index (χ0v) is 12.5. The molecule has 4 aliphatic heterocycles. The van der Waals surface area contributed by atoms with E-state index in [-0.39, 0.29) is 5.91 Å². The molecule has 0 spiro atoms. The van der Waals surface area contributed by atoms with Crippen LogP contribution in [-0.2, 0) is 4.79 Å². The molecule has 4 aliphatic rings. The van der Waals surface area contributed by atoms with Crippen LogP contribution in [0.4, 0.5) is 5.69 Å². The Kier molecular flexibility index (Phi) is 2.71. The Bertz CT molecular complexity index is 629. The number of amides is 1. The number of carbonyl (C=O) groups is 1. The highest BCUT2D eigenvalue weighted by atomic mass is 16.2. The van der Waals surface area contributed by atoms with E-state index in [1.165, 1.54) is 6.42 Å². The Hall–Kier alpha value is -1.72. The van der Waals surface area contributed by atoms with Gasteiger partial charge in [0, 0.05) is 31.2 Å². The van der Waals surface area contributed by atoms with E-state index in [0.29, 0.717) is 22.4 Å². The third-order valence-corrected chi connectivity index (χ3v) is 4.91. The van der Waals surface area contributed by atoms with Crippen LogP contribution in [0, 0.1) is 0 Å². The minimum Gasteiger partial charge on any atom is -0.331 e. The van der Waals surface area contributed by atoms with Gasteiger partial charge in [0.15, 0.2) is 11.4 Å². The molecule has 3 saturated heterocycles. The van der Waals surface area contributed by atoms with Gasteiger partial charge in [-0.2, -0.15) is 4.59 Å². The number of hydrogen-bond donors (Lipinski definition) is 1. The number of rotatable bonds is 1. The maximum Gasteiger partial charge on any atom is 0.279 e. The molecule has 2 bridgehead atoms. The van der Waals surface area contributed by atoms with Gasteiger partial charge in [-0.1, -0.05) is 17.2 Å². The second kappa shape index (κ2) is 4.39. The van der Waals surface area contributed by atoms with Gasteiger partial charge in [-0.3, -0.25) is 4.79 Å². The Morgan fingerprint density at radius 2 is 2.14 bits per heavy atom. The molecule has 2 atom stereocenters. The molecule has 1 aromatic carbocycles. The van der Waals surface area contributed by atoms with E-state index in [2.05, 4.69) is 16.5 Å². The topological polar surface area (TPSA) is 44.7 Å². The van der Waals surface area contributed by atoms with Crippen LogP contribution in [0.25, 0.3) is 0 Å². The van der Waals surface area contributed by atoms with Crippen LogP contribution in [0.2, 0.25) is 0 Å². The highest BCUT2D eigenvalue weighted by Crippen LogP contribution is 2.33. The minimum absolute atomic E-state index is 0.0994. The van der Waals surface area contributed by atoms with Crippen molar-refractivity contribution in [2.75, 3.05) is 27.2 Å². The van der Waals surface area contributed by atoms with Crippen molar-refractivity contribution in [3.8, 4) is 0 Å². The average Bonchev–Trinajstić information content (AvgIpc) is 2.80. The van der Waals surface area contributed by atoms with Crippen LogP contribution < -0.4 is 9.91 Å². The van der Waals surface area contributed by atoms with Crippen LogP contribution >= 0.6 is 0 Å². The molecule has 0 saturated carbocycles. The number of fused-ring (bicyclic) bond motifs is 4. The third kappa shape index (κ3) is 1.92. The highest BCUT2D eigenvalue weighted by molar-refractivity contribution is 6.47. The number of nitrogens with zero attached hydrogens (tertiary/aromatic N) is 3. The average molecular weight is 285 g/mol. The molecule has 0 aromatic heterocycles. The highest BCUT2D eigenvalue weighted by Gasteiger charge is 2.43. The van der Waals surface area contributed by atoms with E-state index in [1.54, 1.807) is 0 Å². The molecule has 2 unspecified atom stereocenters. The van der Waals surface area contributed by atoms with Gasteiger partial charge in [0.25, 0.3) is 5.91 Å². The predicted molar refractivity (Wildman–Crippen MR) is 83.1 cm³/mol. The van der Waals surface area contributed by atoms with Gasteiger partial charge in [-0.15, -0.1) is 0 Å². The molecule has 1 amide bonds. The van der Waals surface area contributed by atoms with E-state index in [4.69, 9.17) is 0 Å². The number of piperidine rings is 2. The molecule has 1 aromatic rings. The molecule has 110 valence electrons. The lowest BCUT2D eigenvalue weighted by molar-refractivity contribution is -0.129. The number of benzene rings is 1. The molecule has 0 aliphatic carbocycles. The Morgan fingerprint density at radius 3 is 2.81 bits per heavy atom. The standard InChI is InChI=1S/C16H21N4O/c1-20(2)14-6-4-3-5-13(14)15(18-20)16(21)19-10-11-7-8-12(19)9-17-11/h3-6,11-12,17H,7-10H2,1-2H3/q+1. The van der Waals surface area contributed by atoms with E-state index >= 15 is 0 Å². The lowest BCUT2D eigenvalue weighted by Crippen LogP contribution is -2.63. The Morgan fingerprint density at radius 1 is 1.33 bits per heavy atom. The largest absolute Gasteiger partial charge is 0.331 e. The summed E-state index contributed by atoms with van der Waals surface area (Å²) in [6.45, 7) is 1.74. The molecule has 0 radical (unpaired) electrons. The summed E-state index contributed by atoms with van der Waals surface area (Å²) < 4.78 is 0.400. The lowest BCUT2D eigenvalue weighted by atomic mass is 9.92. The Balaban J connectivity index is 1.69. The van der Waals surface area contributed by atoms with E-state index in [0.717, 1.165) is 30.8 Å². The first-order valence-corrected chi connectivity index (χ1v) is 7.65. The van der Waals surface area contributed by atoms with E-state index < -0.39 is 0 Å². The van der Waals surface area contributed by atoms with Gasteiger partial charge in [0.1, 0.15) is 0 Å². The molecular weight excluding hydrogens is 264 g/mol. The van der Waals surface area contributed by atoms with Crippen molar-refractivity contribution >= 4 is 17.3 Å². The lowest BCUT2D eigenvalue weighted by Gasteiger charge is -2.45. The van der Waals surface area contributed by atoms with Gasteiger partial charge in [-0.25, -0.2) is 0 Å². The zero-order valence-electron chi connectivity index (χ0n) is 12.5. The zero-order chi connectivity index (χ0) is 14.6. The van der Waals surface area contributed by atoms with Crippen LogP contribution in [0.5, 0.6) is 0 Å². The summed E-state index contributed by atoms with van der Waals surface area (Å²) in [5, 5.41) is 8.18. The molecule has 1 N–H and O–H groups in total. The van der Waals surface area contributed by atoms with Crippen LogP contribution in [0.3, 0.4) is 0 Å². The van der Waals surface area contributed by atoms with Crippen molar-refractivity contribution in [3.63, 3.8) is 0 Å². The summed E-state index contributed by atoms with van der Waals surface area (Å²) in [5.41, 5.74) is 2.71. The molecule has 3 fully saturated rings. The maximum atomic E-state index is 13.0. The molecular formula is C16H21N4O+. The van der Waals surface area contributed by atoms with Crippen molar-refractivity contribution in [3.05, 3.63) is 29.8 Å². The molecule has 21 heavy (non-hydrogen) atoms. The van der Waals surface area contributed by atoms with Crippen molar-refractivity contribution in [2.45, 2.75) is 24.9 Å². The summed E-state index contributed by atoms with van der Waals surface area (Å²) in [6.07, 6.45) is 2.29. The van der Waals surface area contributed by atoms with E-state index in [1.807, 2.05) is 37.2 Å². The number of para-hydroxylation sites is 1. The summed E-state index contributed by atoms with van der Waals surface area (Å²) in [6, 6.07) is 8.85. The van der Waals surface area contributed by atoms with Crippen molar-refractivity contribution in [1.29, 1.82) is 0 Å². The molecule has 5 heteroatoms. The third-order valence-electron chi connectivity index (χ3n) is 4.91. The number of quaternary nitrogens is 1. The first kappa shape index (κ1) is 13.0. The maximum absolute atomic E-state index is 13.0. The normalized spacial score (nSPS) is 29.2. The van der Waals surface area contributed by atoms with Crippen molar-refractivity contribution in [1.82, 2.24) is 14.8 Å². The summed E-state index contributed by atoms with van der Waals surface area (Å²) in [4.78, 5) is 15.0. The van der Waals surface area contributed by atoms with E-state index in [9.17, 15) is 4.79 Å². The fraction of sp³-hybridized carbons (Fsp3) is 0.500. The molecule has 4 heterocycles. The fourth-order valence-corrected chi connectivity index (χ4v) is 3.76. The van der Waals surface area contributed by atoms with Gasteiger partial charge in [0.2, 0.25) is 0 Å². The Labute approximate surface area is 124 Å². The van der Waals surface area contributed by atoms with Crippen molar-refractivity contribution in [2.24, 2.45) is 5.10 Å². The monoisotopic (exact) mass is 285 g/mol. The summed E-state index contributed by atoms with van der Waals surface area (Å²) >= 11 is 0. The summed E-state index contributed by atoms with van der Waals surface area (Å²) in [7, 11) is 4.03.